The Labute approximate surface area is 128 Å². The summed E-state index contributed by atoms with van der Waals surface area (Å²) >= 11 is 5.67. The molecule has 0 fully saturated rings. The van der Waals surface area contributed by atoms with Crippen LogP contribution in [0.3, 0.4) is 0 Å². The topological polar surface area (TPSA) is 80.3 Å². The van der Waals surface area contributed by atoms with Gasteiger partial charge < -0.3 is 0 Å². The minimum Gasteiger partial charge on any atom is -0.206 e. The molecule has 0 saturated carbocycles. The number of hydrogen-bond acceptors (Lipinski definition) is 4. The number of nitrogens with one attached hydrogen (secondary N) is 1. The maximum atomic E-state index is 12.1. The zero-order valence-corrected chi connectivity index (χ0v) is 13.3. The largest absolute Gasteiger partial charge is 0.253 e. The molecule has 0 aromatic heterocycles. The summed E-state index contributed by atoms with van der Waals surface area (Å²) in [6.07, 6.45) is 0. The van der Waals surface area contributed by atoms with Crippen molar-refractivity contribution in [2.45, 2.75) is 16.7 Å². The molecular formula is C13H12ClNO4S2. The second kappa shape index (κ2) is 5.76. The van der Waals surface area contributed by atoms with Gasteiger partial charge in [-0.1, -0.05) is 29.3 Å². The number of aryl methyl sites for hydroxylation is 1. The van der Waals surface area contributed by atoms with Gasteiger partial charge in [-0.05, 0) is 43.3 Å². The van der Waals surface area contributed by atoms with E-state index in [4.69, 9.17) is 11.6 Å². The highest BCUT2D eigenvalue weighted by atomic mass is 35.5. The third-order valence-electron chi connectivity index (χ3n) is 2.67. The molecule has 0 amide bonds. The van der Waals surface area contributed by atoms with Gasteiger partial charge in [0.05, 0.1) is 9.79 Å². The zero-order valence-electron chi connectivity index (χ0n) is 10.9. The van der Waals surface area contributed by atoms with E-state index in [1.165, 1.54) is 36.4 Å². The minimum absolute atomic E-state index is 0.120. The van der Waals surface area contributed by atoms with Gasteiger partial charge in [-0.2, -0.15) is 0 Å². The molecule has 0 bridgehead atoms. The summed E-state index contributed by atoms with van der Waals surface area (Å²) in [5.74, 6) is 0. The Kier molecular flexibility index (Phi) is 4.38. The van der Waals surface area contributed by atoms with Gasteiger partial charge in [0.1, 0.15) is 0 Å². The minimum atomic E-state index is -4.19. The Morgan fingerprint density at radius 3 is 1.57 bits per heavy atom. The Bertz CT molecular complexity index is 769. The van der Waals surface area contributed by atoms with Gasteiger partial charge in [0, 0.05) is 5.02 Å². The molecule has 0 heterocycles. The van der Waals surface area contributed by atoms with Gasteiger partial charge >= 0.3 is 0 Å². The molecular weight excluding hydrogens is 334 g/mol. The second-order valence-corrected chi connectivity index (χ2v) is 8.42. The van der Waals surface area contributed by atoms with Crippen LogP contribution in [-0.2, 0) is 20.0 Å². The van der Waals surface area contributed by atoms with Crippen LogP contribution in [0, 0.1) is 6.92 Å². The van der Waals surface area contributed by atoms with Crippen LogP contribution < -0.4 is 4.13 Å². The third kappa shape index (κ3) is 3.82. The van der Waals surface area contributed by atoms with Crippen molar-refractivity contribution in [2.24, 2.45) is 0 Å². The van der Waals surface area contributed by atoms with E-state index in [0.29, 0.717) is 5.02 Å². The first-order chi connectivity index (χ1) is 9.71. The van der Waals surface area contributed by atoms with Crippen LogP contribution >= 0.6 is 11.6 Å². The molecule has 0 saturated heterocycles. The molecule has 0 atom stereocenters. The Balaban J connectivity index is 2.35. The third-order valence-corrected chi connectivity index (χ3v) is 6.47. The van der Waals surface area contributed by atoms with Crippen LogP contribution in [0.5, 0.6) is 0 Å². The van der Waals surface area contributed by atoms with Crippen LogP contribution in [-0.4, -0.2) is 16.8 Å². The molecule has 0 unspecified atom stereocenters. The van der Waals surface area contributed by atoms with Gasteiger partial charge in [-0.3, -0.25) is 0 Å². The monoisotopic (exact) mass is 345 g/mol. The number of halogens is 1. The molecule has 112 valence electrons. The molecule has 0 radical (unpaired) electrons. The summed E-state index contributed by atoms with van der Waals surface area (Å²) in [5.41, 5.74) is 0.870. The molecule has 8 heteroatoms. The van der Waals surface area contributed by atoms with Crippen LogP contribution in [0.4, 0.5) is 0 Å². The van der Waals surface area contributed by atoms with E-state index < -0.39 is 20.0 Å². The van der Waals surface area contributed by atoms with Crippen LogP contribution in [0.25, 0.3) is 0 Å². The number of sulfonamides is 2. The number of rotatable bonds is 4. The van der Waals surface area contributed by atoms with Crippen molar-refractivity contribution in [3.8, 4) is 0 Å². The van der Waals surface area contributed by atoms with E-state index in [1.807, 2.05) is 0 Å². The van der Waals surface area contributed by atoms with Crippen LogP contribution in [0.15, 0.2) is 58.3 Å². The van der Waals surface area contributed by atoms with E-state index in [9.17, 15) is 16.8 Å². The lowest BCUT2D eigenvalue weighted by atomic mass is 10.2. The van der Waals surface area contributed by atoms with E-state index in [0.717, 1.165) is 5.56 Å². The molecule has 0 aliphatic carbocycles. The smallest absolute Gasteiger partial charge is 0.206 e. The normalized spacial score (nSPS) is 12.3. The predicted octanol–water partition coefficient (Wildman–Crippen LogP) is 2.32. The summed E-state index contributed by atoms with van der Waals surface area (Å²) in [4.78, 5) is -0.298. The highest BCUT2D eigenvalue weighted by Crippen LogP contribution is 2.17. The fraction of sp³-hybridized carbons (Fsp3) is 0.0769. The second-order valence-electron chi connectivity index (χ2n) is 4.36. The molecule has 0 aliphatic heterocycles. The zero-order chi connectivity index (χ0) is 15.7. The van der Waals surface area contributed by atoms with E-state index in [2.05, 4.69) is 0 Å². The van der Waals surface area contributed by atoms with Crippen molar-refractivity contribution in [2.75, 3.05) is 0 Å². The highest BCUT2D eigenvalue weighted by molar-refractivity contribution is 8.04. The van der Waals surface area contributed by atoms with Crippen molar-refractivity contribution < 1.29 is 16.8 Å². The van der Waals surface area contributed by atoms with E-state index >= 15 is 0 Å². The molecule has 1 N–H and O–H groups in total. The Hall–Kier alpha value is -1.41. The van der Waals surface area contributed by atoms with E-state index in [1.54, 1.807) is 23.2 Å². The Morgan fingerprint density at radius 1 is 0.762 bits per heavy atom. The first kappa shape index (κ1) is 16.0. The van der Waals surface area contributed by atoms with Crippen LogP contribution in [0.1, 0.15) is 5.56 Å². The maximum Gasteiger partial charge on any atom is 0.253 e. The quantitative estimate of drug-likeness (QED) is 0.922. The summed E-state index contributed by atoms with van der Waals surface area (Å²) in [5, 5.41) is 0.357. The van der Waals surface area contributed by atoms with Crippen LogP contribution in [0.2, 0.25) is 5.02 Å². The SMILES string of the molecule is Cc1ccc(S(=O)(=O)NS(=O)(=O)c2ccc(Cl)cc2)cc1. The standard InChI is InChI=1S/C13H12ClNO4S2/c1-10-2-6-12(7-3-10)20(16,17)15-21(18,19)13-8-4-11(14)5-9-13/h2-9,15H,1H3. The average molecular weight is 346 g/mol. The fourth-order valence-electron chi connectivity index (χ4n) is 1.57. The number of benzene rings is 2. The lowest BCUT2D eigenvalue weighted by Gasteiger charge is -2.08. The summed E-state index contributed by atoms with van der Waals surface area (Å²) in [7, 11) is -8.35. The first-order valence-electron chi connectivity index (χ1n) is 5.81. The van der Waals surface area contributed by atoms with Crippen molar-refractivity contribution >= 4 is 31.6 Å². The summed E-state index contributed by atoms with van der Waals surface area (Å²) < 4.78 is 50.0. The molecule has 0 aliphatic rings. The van der Waals surface area contributed by atoms with E-state index in [-0.39, 0.29) is 9.79 Å². The summed E-state index contributed by atoms with van der Waals surface area (Å²) in [6, 6.07) is 11.1. The average Bonchev–Trinajstić information content (AvgIpc) is 2.38. The van der Waals surface area contributed by atoms with Gasteiger partial charge in [-0.25, -0.2) is 16.8 Å². The molecule has 2 rings (SSSR count). The first-order valence-corrected chi connectivity index (χ1v) is 9.16. The Morgan fingerprint density at radius 2 is 1.14 bits per heavy atom. The molecule has 2 aromatic rings. The molecule has 21 heavy (non-hydrogen) atoms. The van der Waals surface area contributed by atoms with Gasteiger partial charge in [0.15, 0.2) is 0 Å². The van der Waals surface area contributed by atoms with Crippen molar-refractivity contribution in [1.82, 2.24) is 4.13 Å². The molecule has 2 aromatic carbocycles. The lowest BCUT2D eigenvalue weighted by molar-refractivity contribution is 0.577. The van der Waals surface area contributed by atoms with Gasteiger partial charge in [0.25, 0.3) is 20.0 Å². The van der Waals surface area contributed by atoms with Crippen molar-refractivity contribution in [1.29, 1.82) is 0 Å². The van der Waals surface area contributed by atoms with Gasteiger partial charge in [-0.15, -0.1) is 4.13 Å². The molecule has 0 spiro atoms. The highest BCUT2D eigenvalue weighted by Gasteiger charge is 2.24. The van der Waals surface area contributed by atoms with Crippen molar-refractivity contribution in [3.05, 3.63) is 59.1 Å². The number of hydrogen-bond donors (Lipinski definition) is 1. The molecule has 5 nitrogen and oxygen atoms in total. The maximum absolute atomic E-state index is 12.1. The fourth-order valence-corrected chi connectivity index (χ4v) is 4.61. The lowest BCUT2D eigenvalue weighted by Crippen LogP contribution is -2.30. The van der Waals surface area contributed by atoms with Crippen molar-refractivity contribution in [3.63, 3.8) is 0 Å². The van der Waals surface area contributed by atoms with Gasteiger partial charge in [0.2, 0.25) is 0 Å². The summed E-state index contributed by atoms with van der Waals surface area (Å²) in [6.45, 7) is 1.80. The predicted molar refractivity (Wildman–Crippen MR) is 80.1 cm³/mol.